The molecule has 0 saturated carbocycles. The lowest BCUT2D eigenvalue weighted by molar-refractivity contribution is 0.0526. The van der Waals surface area contributed by atoms with E-state index in [9.17, 15) is 22.8 Å². The van der Waals surface area contributed by atoms with Crippen molar-refractivity contribution in [2.45, 2.75) is 63.5 Å². The Labute approximate surface area is 279 Å². The predicted octanol–water partition coefficient (Wildman–Crippen LogP) is 3.92. The molecule has 0 fully saturated rings. The van der Waals surface area contributed by atoms with Gasteiger partial charge in [-0.15, -0.1) is 6.58 Å². The van der Waals surface area contributed by atoms with E-state index >= 15 is 0 Å². The van der Waals surface area contributed by atoms with E-state index in [1.54, 1.807) is 42.5 Å². The highest BCUT2D eigenvalue weighted by molar-refractivity contribution is 7.89. The minimum atomic E-state index is -3.77. The first-order valence-corrected chi connectivity index (χ1v) is 17.8. The van der Waals surface area contributed by atoms with Crippen LogP contribution in [0.4, 0.5) is 4.79 Å². The number of amides is 3. The molecule has 3 amide bonds. The van der Waals surface area contributed by atoms with Crippen LogP contribution in [0.15, 0.2) is 66.3 Å². The molecule has 1 aliphatic heterocycles. The van der Waals surface area contributed by atoms with Crippen molar-refractivity contribution in [3.63, 3.8) is 0 Å². The van der Waals surface area contributed by atoms with Gasteiger partial charge in [-0.25, -0.2) is 18.2 Å². The summed E-state index contributed by atoms with van der Waals surface area (Å²) in [6, 6.07) is 11.7. The topological polar surface area (TPSA) is 141 Å². The highest BCUT2D eigenvalue weighted by Gasteiger charge is 2.34. The number of aromatic nitrogens is 1. The molecule has 2 N–H and O–H groups in total. The number of nitrogens with one attached hydrogen (secondary N) is 2. The molecule has 0 spiro atoms. The highest BCUT2D eigenvalue weighted by atomic mass is 32.2. The van der Waals surface area contributed by atoms with E-state index < -0.39 is 21.7 Å². The number of sulfonamides is 1. The number of nitrogens with zero attached hydrogens (tertiary/aromatic N) is 4. The lowest BCUT2D eigenvalue weighted by atomic mass is 10.1. The predicted molar refractivity (Wildman–Crippen MR) is 182 cm³/mol. The minimum Gasteiger partial charge on any atom is -0.444 e. The molecule has 2 heterocycles. The summed E-state index contributed by atoms with van der Waals surface area (Å²) < 4.78 is 33.7. The quantitative estimate of drug-likeness (QED) is 0.115. The van der Waals surface area contributed by atoms with Crippen LogP contribution in [0.1, 0.15) is 73.6 Å². The van der Waals surface area contributed by atoms with Gasteiger partial charge in [-0.05, 0) is 96.8 Å². The van der Waals surface area contributed by atoms with Crippen molar-refractivity contribution in [3.8, 4) is 0 Å². The summed E-state index contributed by atoms with van der Waals surface area (Å²) in [7, 11) is -3.77. The maximum atomic E-state index is 13.5. The number of fused-ring (bicyclic) bond motifs is 1. The second kappa shape index (κ2) is 18.6. The first-order valence-electron chi connectivity index (χ1n) is 16.3. The number of alkyl carbamates (subject to hydrolysis) is 1. The Morgan fingerprint density at radius 2 is 1.53 bits per heavy atom. The van der Waals surface area contributed by atoms with Gasteiger partial charge in [-0.3, -0.25) is 19.4 Å². The minimum absolute atomic E-state index is 0.0273. The summed E-state index contributed by atoms with van der Waals surface area (Å²) in [4.78, 5) is 44.7. The van der Waals surface area contributed by atoms with Crippen LogP contribution in [0, 0.1) is 0 Å². The zero-order chi connectivity index (χ0) is 34.3. The van der Waals surface area contributed by atoms with Crippen molar-refractivity contribution >= 4 is 27.9 Å². The summed E-state index contributed by atoms with van der Waals surface area (Å²) in [6.07, 6.45) is 6.24. The third-order valence-electron chi connectivity index (χ3n) is 7.45. The van der Waals surface area contributed by atoms with Crippen LogP contribution in [-0.4, -0.2) is 110 Å². The second-order valence-corrected chi connectivity index (χ2v) is 14.3. The molecule has 1 aromatic heterocycles. The van der Waals surface area contributed by atoms with Crippen LogP contribution in [-0.2, 0) is 14.8 Å². The molecule has 0 aliphatic carbocycles. The van der Waals surface area contributed by atoms with Gasteiger partial charge >= 0.3 is 6.09 Å². The average Bonchev–Trinajstić information content (AvgIpc) is 3.27. The van der Waals surface area contributed by atoms with Gasteiger partial charge < -0.3 is 15.4 Å². The van der Waals surface area contributed by atoms with Gasteiger partial charge in [0.25, 0.3) is 21.8 Å². The largest absolute Gasteiger partial charge is 0.444 e. The fourth-order valence-corrected chi connectivity index (χ4v) is 6.66. The molecule has 1 aromatic carbocycles. The van der Waals surface area contributed by atoms with Gasteiger partial charge in [-0.2, -0.15) is 4.31 Å². The molecule has 2 aromatic rings. The average molecular weight is 671 g/mol. The molecular formula is C34H50N6O6S. The highest BCUT2D eigenvalue weighted by Crippen LogP contribution is 2.22. The number of pyridine rings is 1. The summed E-state index contributed by atoms with van der Waals surface area (Å²) in [5.74, 6) is -0.525. The Balaban J connectivity index is 1.44. The van der Waals surface area contributed by atoms with Crippen molar-refractivity contribution in [2.24, 2.45) is 0 Å². The van der Waals surface area contributed by atoms with Crippen LogP contribution in [0.25, 0.3) is 0 Å². The van der Waals surface area contributed by atoms with Crippen molar-refractivity contribution in [1.82, 2.24) is 29.7 Å². The van der Waals surface area contributed by atoms with Crippen LogP contribution < -0.4 is 10.6 Å². The number of imide groups is 1. The Morgan fingerprint density at radius 3 is 2.17 bits per heavy atom. The van der Waals surface area contributed by atoms with Crippen molar-refractivity contribution in [2.75, 3.05) is 58.9 Å². The number of carbonyl (C=O) groups is 3. The normalized spacial score (nSPS) is 13.3. The fourth-order valence-electron chi connectivity index (χ4n) is 5.21. The van der Waals surface area contributed by atoms with Gasteiger partial charge in [0, 0.05) is 45.5 Å². The smallest absolute Gasteiger partial charge is 0.407 e. The summed E-state index contributed by atoms with van der Waals surface area (Å²) >= 11 is 0. The molecular weight excluding hydrogens is 620 g/mol. The molecule has 0 radical (unpaired) electrons. The molecule has 258 valence electrons. The zero-order valence-corrected chi connectivity index (χ0v) is 28.8. The van der Waals surface area contributed by atoms with Gasteiger partial charge in [0.15, 0.2) is 5.03 Å². The molecule has 0 unspecified atom stereocenters. The molecule has 47 heavy (non-hydrogen) atoms. The number of hydrogen-bond acceptors (Lipinski definition) is 9. The van der Waals surface area contributed by atoms with Crippen molar-refractivity contribution < 1.29 is 27.5 Å². The Kier molecular flexibility index (Phi) is 15.0. The van der Waals surface area contributed by atoms with E-state index in [1.165, 1.54) is 21.5 Å². The first kappa shape index (κ1) is 37.8. The maximum absolute atomic E-state index is 13.5. The maximum Gasteiger partial charge on any atom is 0.407 e. The lowest BCUT2D eigenvalue weighted by Gasteiger charge is -2.25. The van der Waals surface area contributed by atoms with Crippen molar-refractivity contribution in [3.05, 3.63) is 72.4 Å². The van der Waals surface area contributed by atoms with Gasteiger partial charge in [0.1, 0.15) is 5.60 Å². The van der Waals surface area contributed by atoms with E-state index in [-0.39, 0.29) is 16.8 Å². The number of ether oxygens (including phenoxy) is 1. The third-order valence-corrected chi connectivity index (χ3v) is 9.27. The number of carbonyl (C=O) groups excluding carboxylic acids is 3. The molecule has 13 heteroatoms. The SMILES string of the molecule is C=CCN(CCCN1C(=O)c2ccccc2C1=O)CCCN(CCCCNCCCNC(=O)OC(C)(C)C)S(=O)(=O)c1ccccn1. The van der Waals surface area contributed by atoms with E-state index in [4.69, 9.17) is 4.74 Å². The Bertz CT molecular complexity index is 1400. The van der Waals surface area contributed by atoms with Gasteiger partial charge in [-0.1, -0.05) is 24.3 Å². The second-order valence-electron chi connectivity index (χ2n) is 12.4. The molecule has 12 nitrogen and oxygen atoms in total. The van der Waals surface area contributed by atoms with Crippen LogP contribution >= 0.6 is 0 Å². The monoisotopic (exact) mass is 670 g/mol. The summed E-state index contributed by atoms with van der Waals surface area (Å²) in [5, 5.41) is 6.10. The van der Waals surface area contributed by atoms with Crippen LogP contribution in [0.5, 0.6) is 0 Å². The summed E-state index contributed by atoms with van der Waals surface area (Å²) in [6.45, 7) is 14.1. The number of hydrogen-bond donors (Lipinski definition) is 2. The van der Waals surface area contributed by atoms with E-state index in [0.29, 0.717) is 76.2 Å². The van der Waals surface area contributed by atoms with Crippen molar-refractivity contribution in [1.29, 1.82) is 0 Å². The Morgan fingerprint density at radius 1 is 0.894 bits per heavy atom. The summed E-state index contributed by atoms with van der Waals surface area (Å²) in [5.41, 5.74) is 0.355. The third kappa shape index (κ3) is 12.1. The number of benzene rings is 1. The molecule has 0 atom stereocenters. The number of rotatable bonds is 21. The van der Waals surface area contributed by atoms with Crippen LogP contribution in [0.3, 0.4) is 0 Å². The first-order chi connectivity index (χ1) is 22.4. The van der Waals surface area contributed by atoms with Gasteiger partial charge in [0.2, 0.25) is 0 Å². The molecule has 0 saturated heterocycles. The molecule has 1 aliphatic rings. The van der Waals surface area contributed by atoms with E-state index in [2.05, 4.69) is 27.1 Å². The van der Waals surface area contributed by atoms with Gasteiger partial charge in [0.05, 0.1) is 11.1 Å². The molecule has 0 bridgehead atoms. The van der Waals surface area contributed by atoms with Crippen LogP contribution in [0.2, 0.25) is 0 Å². The fraction of sp³-hybridized carbons (Fsp3) is 0.529. The zero-order valence-electron chi connectivity index (χ0n) is 27.9. The van der Waals surface area contributed by atoms with E-state index in [0.717, 1.165) is 25.9 Å². The molecule has 3 rings (SSSR count). The van der Waals surface area contributed by atoms with E-state index in [1.807, 2.05) is 20.8 Å². The standard InChI is InChI=1S/C34H50N6O6S/c1-5-22-38(24-14-27-40-31(41)28-15-6-7-16-29(28)32(40)42)23-13-26-39(47(44,45)30-17-8-9-20-36-30)25-11-10-18-35-19-12-21-37-33(43)46-34(2,3)4/h5-9,15-17,20,35H,1,10-14,18-19,21-27H2,2-4H3,(H,37,43). The Hall–Kier alpha value is -3.65. The number of unbranched alkanes of at least 4 members (excludes halogenated alkanes) is 1. The lowest BCUT2D eigenvalue weighted by Crippen LogP contribution is -2.37.